The zero-order valence-electron chi connectivity index (χ0n) is 9.15. The van der Waals surface area contributed by atoms with Crippen LogP contribution in [0.1, 0.15) is 23.5 Å². The van der Waals surface area contributed by atoms with Gasteiger partial charge in [0.2, 0.25) is 0 Å². The number of hydrogen-bond acceptors (Lipinski definition) is 3. The first-order valence-electron chi connectivity index (χ1n) is 5.30. The Hall–Kier alpha value is -2.23. The van der Waals surface area contributed by atoms with Gasteiger partial charge >= 0.3 is 5.97 Å². The minimum Gasteiger partial charge on any atom is -0.481 e. The molecule has 4 heteroatoms. The number of aliphatic carboxylic acids is 1. The summed E-state index contributed by atoms with van der Waals surface area (Å²) in [5.74, 6) is -1.00. The van der Waals surface area contributed by atoms with Gasteiger partial charge in [0.25, 0.3) is 0 Å². The molecule has 0 spiro atoms. The average molecular weight is 228 g/mol. The molecule has 0 bridgehead atoms. The van der Waals surface area contributed by atoms with Crippen molar-refractivity contribution >= 4 is 5.97 Å². The largest absolute Gasteiger partial charge is 0.481 e. The van der Waals surface area contributed by atoms with Gasteiger partial charge in [-0.25, -0.2) is 0 Å². The van der Waals surface area contributed by atoms with Crippen molar-refractivity contribution in [2.45, 2.75) is 12.3 Å². The highest BCUT2D eigenvalue weighted by atomic mass is 16.4. The molecule has 0 aliphatic heterocycles. The van der Waals surface area contributed by atoms with E-state index < -0.39 is 5.97 Å². The van der Waals surface area contributed by atoms with Crippen LogP contribution < -0.4 is 0 Å². The summed E-state index contributed by atoms with van der Waals surface area (Å²) in [7, 11) is 0. The van der Waals surface area contributed by atoms with Crippen LogP contribution in [-0.4, -0.2) is 21.3 Å². The summed E-state index contributed by atoms with van der Waals surface area (Å²) in [6, 6.07) is 11.4. The van der Waals surface area contributed by atoms with Gasteiger partial charge in [0.1, 0.15) is 0 Å². The van der Waals surface area contributed by atoms with Gasteiger partial charge in [0.05, 0.1) is 12.6 Å². The summed E-state index contributed by atoms with van der Waals surface area (Å²) >= 11 is 0. The van der Waals surface area contributed by atoms with Gasteiger partial charge in [0, 0.05) is 12.1 Å². The maximum absolute atomic E-state index is 10.9. The lowest BCUT2D eigenvalue weighted by molar-refractivity contribution is -0.137. The summed E-state index contributed by atoms with van der Waals surface area (Å²) in [6.45, 7) is 0. The van der Waals surface area contributed by atoms with Crippen LogP contribution >= 0.6 is 0 Å². The van der Waals surface area contributed by atoms with Crippen LogP contribution in [0.2, 0.25) is 0 Å². The molecule has 1 aromatic carbocycles. The third-order valence-electron chi connectivity index (χ3n) is 2.59. The van der Waals surface area contributed by atoms with Crippen molar-refractivity contribution in [2.75, 3.05) is 0 Å². The minimum absolute atomic E-state index is 0.0513. The standard InChI is InChI=1S/C13H12N2O2/c16-13(17)8-12(10-4-2-1-3-5-10)11-6-7-14-15-9-11/h1-7,9,12H,8H2,(H,16,17)/t12-/m1/s1. The van der Waals surface area contributed by atoms with E-state index >= 15 is 0 Å². The Kier molecular flexibility index (Phi) is 3.45. The zero-order valence-corrected chi connectivity index (χ0v) is 9.15. The van der Waals surface area contributed by atoms with Crippen molar-refractivity contribution < 1.29 is 9.90 Å². The van der Waals surface area contributed by atoms with Gasteiger partial charge in [0.15, 0.2) is 0 Å². The molecule has 0 aliphatic rings. The van der Waals surface area contributed by atoms with Crippen LogP contribution in [-0.2, 0) is 4.79 Å². The predicted molar refractivity (Wildman–Crippen MR) is 62.6 cm³/mol. The monoisotopic (exact) mass is 228 g/mol. The molecule has 0 saturated heterocycles. The fourth-order valence-electron chi connectivity index (χ4n) is 1.80. The SMILES string of the molecule is O=C(O)C[C@H](c1ccccc1)c1ccnnc1. The molecular weight excluding hydrogens is 216 g/mol. The second kappa shape index (κ2) is 5.21. The van der Waals surface area contributed by atoms with Gasteiger partial charge in [-0.05, 0) is 17.2 Å². The van der Waals surface area contributed by atoms with Crippen molar-refractivity contribution in [3.63, 3.8) is 0 Å². The quantitative estimate of drug-likeness (QED) is 0.870. The van der Waals surface area contributed by atoms with E-state index in [0.29, 0.717) is 0 Å². The lowest BCUT2D eigenvalue weighted by Crippen LogP contribution is -2.08. The van der Waals surface area contributed by atoms with E-state index in [0.717, 1.165) is 11.1 Å². The second-order valence-electron chi connectivity index (χ2n) is 3.74. The number of carbonyl (C=O) groups is 1. The van der Waals surface area contributed by atoms with Gasteiger partial charge in [-0.3, -0.25) is 4.79 Å². The van der Waals surface area contributed by atoms with Gasteiger partial charge in [-0.15, -0.1) is 0 Å². The third-order valence-corrected chi connectivity index (χ3v) is 2.59. The summed E-state index contributed by atoms with van der Waals surface area (Å²) in [5, 5.41) is 16.5. The summed E-state index contributed by atoms with van der Waals surface area (Å²) < 4.78 is 0. The van der Waals surface area contributed by atoms with Crippen LogP contribution in [0, 0.1) is 0 Å². The Morgan fingerprint density at radius 1 is 1.12 bits per heavy atom. The highest BCUT2D eigenvalue weighted by Crippen LogP contribution is 2.26. The molecule has 0 unspecified atom stereocenters. The summed E-state index contributed by atoms with van der Waals surface area (Å²) in [5.41, 5.74) is 1.84. The highest BCUT2D eigenvalue weighted by molar-refractivity contribution is 5.69. The fourth-order valence-corrected chi connectivity index (χ4v) is 1.80. The Morgan fingerprint density at radius 2 is 1.88 bits per heavy atom. The first kappa shape index (κ1) is 11.3. The van der Waals surface area contributed by atoms with E-state index in [1.807, 2.05) is 30.3 Å². The van der Waals surface area contributed by atoms with Gasteiger partial charge in [-0.2, -0.15) is 10.2 Å². The molecule has 1 N–H and O–H groups in total. The summed E-state index contributed by atoms with van der Waals surface area (Å²) in [6.07, 6.45) is 3.24. The van der Waals surface area contributed by atoms with E-state index in [1.165, 1.54) is 0 Å². The topological polar surface area (TPSA) is 63.1 Å². The Morgan fingerprint density at radius 3 is 2.47 bits per heavy atom. The highest BCUT2D eigenvalue weighted by Gasteiger charge is 2.17. The maximum atomic E-state index is 10.9. The number of rotatable bonds is 4. The molecule has 0 radical (unpaired) electrons. The first-order chi connectivity index (χ1) is 8.27. The van der Waals surface area contributed by atoms with E-state index in [9.17, 15) is 4.79 Å². The zero-order chi connectivity index (χ0) is 12.1. The normalized spacial score (nSPS) is 12.0. The number of nitrogens with zero attached hydrogens (tertiary/aromatic N) is 2. The van der Waals surface area contributed by atoms with Crippen molar-refractivity contribution in [1.29, 1.82) is 0 Å². The minimum atomic E-state index is -0.823. The second-order valence-corrected chi connectivity index (χ2v) is 3.74. The number of carboxylic acid groups (broad SMARTS) is 1. The number of aromatic nitrogens is 2. The van der Waals surface area contributed by atoms with Crippen LogP contribution in [0.25, 0.3) is 0 Å². The molecule has 0 aliphatic carbocycles. The molecule has 0 fully saturated rings. The molecule has 0 saturated carbocycles. The molecule has 2 rings (SSSR count). The molecule has 86 valence electrons. The van der Waals surface area contributed by atoms with E-state index in [1.54, 1.807) is 18.5 Å². The van der Waals surface area contributed by atoms with E-state index in [-0.39, 0.29) is 12.3 Å². The molecule has 4 nitrogen and oxygen atoms in total. The lowest BCUT2D eigenvalue weighted by Gasteiger charge is -2.14. The maximum Gasteiger partial charge on any atom is 0.304 e. The fraction of sp³-hybridized carbons (Fsp3) is 0.154. The first-order valence-corrected chi connectivity index (χ1v) is 5.30. The van der Waals surface area contributed by atoms with E-state index in [4.69, 9.17) is 5.11 Å². The molecule has 1 atom stereocenters. The Bertz CT molecular complexity index is 446. The molecule has 17 heavy (non-hydrogen) atoms. The van der Waals surface area contributed by atoms with Crippen LogP contribution in [0.3, 0.4) is 0 Å². The molecule has 1 heterocycles. The van der Waals surface area contributed by atoms with Crippen molar-refractivity contribution in [3.05, 3.63) is 59.9 Å². The average Bonchev–Trinajstić information content (AvgIpc) is 2.38. The van der Waals surface area contributed by atoms with E-state index in [2.05, 4.69) is 10.2 Å². The van der Waals surface area contributed by atoms with Crippen LogP contribution in [0.5, 0.6) is 0 Å². The lowest BCUT2D eigenvalue weighted by atomic mass is 9.90. The van der Waals surface area contributed by atoms with Crippen molar-refractivity contribution in [3.8, 4) is 0 Å². The van der Waals surface area contributed by atoms with Gasteiger partial charge in [-0.1, -0.05) is 30.3 Å². The van der Waals surface area contributed by atoms with Crippen LogP contribution in [0.4, 0.5) is 0 Å². The Labute approximate surface area is 98.9 Å². The number of benzene rings is 1. The Balaban J connectivity index is 2.36. The van der Waals surface area contributed by atoms with Gasteiger partial charge < -0.3 is 5.11 Å². The third kappa shape index (κ3) is 2.87. The molecular formula is C13H12N2O2. The van der Waals surface area contributed by atoms with Crippen molar-refractivity contribution in [1.82, 2.24) is 10.2 Å². The molecule has 2 aromatic rings. The van der Waals surface area contributed by atoms with Crippen molar-refractivity contribution in [2.24, 2.45) is 0 Å². The molecule has 0 amide bonds. The number of carboxylic acids is 1. The van der Waals surface area contributed by atoms with Crippen LogP contribution in [0.15, 0.2) is 48.8 Å². The predicted octanol–water partition coefficient (Wildman–Crippen LogP) is 2.08. The molecule has 1 aromatic heterocycles. The smallest absolute Gasteiger partial charge is 0.304 e. The summed E-state index contributed by atoms with van der Waals surface area (Å²) in [4.78, 5) is 10.9. The number of hydrogen-bond donors (Lipinski definition) is 1.